The molecule has 2 aromatic carbocycles. The molecule has 1 heterocycles. The lowest BCUT2D eigenvalue weighted by molar-refractivity contribution is -0.116. The van der Waals surface area contributed by atoms with Crippen molar-refractivity contribution in [1.82, 2.24) is 20.6 Å². The summed E-state index contributed by atoms with van der Waals surface area (Å²) in [6.45, 7) is 0. The topological polar surface area (TPSA) is 83.6 Å². The van der Waals surface area contributed by atoms with Crippen molar-refractivity contribution in [2.24, 2.45) is 0 Å². The molecule has 0 fully saturated rings. The van der Waals surface area contributed by atoms with E-state index in [0.29, 0.717) is 17.9 Å². The van der Waals surface area contributed by atoms with E-state index in [0.717, 1.165) is 11.1 Å². The number of anilines is 1. The lowest BCUT2D eigenvalue weighted by Gasteiger charge is -2.06. The first-order valence-corrected chi connectivity index (χ1v) is 7.09. The number of halogens is 1. The number of aryl methyl sites for hydroxylation is 1. The second-order valence-corrected chi connectivity index (χ2v) is 4.99. The molecule has 3 aromatic rings. The third-order valence-corrected chi connectivity index (χ3v) is 3.30. The molecular formula is C16H14FN5O. The summed E-state index contributed by atoms with van der Waals surface area (Å²) in [5.74, 6) is 0.0792. The second kappa shape index (κ2) is 6.78. The van der Waals surface area contributed by atoms with Crippen LogP contribution in [-0.4, -0.2) is 26.5 Å². The Morgan fingerprint density at radius 3 is 2.70 bits per heavy atom. The predicted octanol–water partition coefficient (Wildman–Crippen LogP) is 2.58. The number of carbonyl (C=O) groups is 1. The quantitative estimate of drug-likeness (QED) is 0.758. The van der Waals surface area contributed by atoms with Crippen LogP contribution in [0, 0.1) is 5.82 Å². The lowest BCUT2D eigenvalue weighted by atomic mass is 10.1. The van der Waals surface area contributed by atoms with Crippen molar-refractivity contribution in [1.29, 1.82) is 0 Å². The van der Waals surface area contributed by atoms with Gasteiger partial charge in [0.05, 0.1) is 0 Å². The first-order chi connectivity index (χ1) is 11.2. The van der Waals surface area contributed by atoms with Gasteiger partial charge in [0.15, 0.2) is 0 Å². The Hall–Kier alpha value is -3.09. The van der Waals surface area contributed by atoms with E-state index < -0.39 is 0 Å². The average Bonchev–Trinajstić information content (AvgIpc) is 3.08. The summed E-state index contributed by atoms with van der Waals surface area (Å²) in [5, 5.41) is 16.4. The van der Waals surface area contributed by atoms with E-state index in [9.17, 15) is 9.18 Å². The number of tetrazole rings is 1. The highest BCUT2D eigenvalue weighted by molar-refractivity contribution is 5.91. The lowest BCUT2D eigenvalue weighted by Crippen LogP contribution is -2.12. The van der Waals surface area contributed by atoms with Gasteiger partial charge in [-0.2, -0.15) is 5.21 Å². The van der Waals surface area contributed by atoms with E-state index in [1.54, 1.807) is 36.4 Å². The molecule has 0 saturated carbocycles. The molecule has 1 aromatic heterocycles. The van der Waals surface area contributed by atoms with Crippen LogP contribution in [0.1, 0.15) is 12.0 Å². The molecule has 2 N–H and O–H groups in total. The van der Waals surface area contributed by atoms with Crippen molar-refractivity contribution in [3.05, 3.63) is 59.9 Å². The minimum Gasteiger partial charge on any atom is -0.326 e. The van der Waals surface area contributed by atoms with Gasteiger partial charge in [0.1, 0.15) is 5.82 Å². The molecule has 0 aliphatic rings. The monoisotopic (exact) mass is 311 g/mol. The van der Waals surface area contributed by atoms with Crippen molar-refractivity contribution >= 4 is 11.6 Å². The van der Waals surface area contributed by atoms with E-state index in [1.165, 1.54) is 12.1 Å². The summed E-state index contributed by atoms with van der Waals surface area (Å²) < 4.78 is 13.1. The molecule has 0 bridgehead atoms. The Kier molecular flexibility index (Phi) is 4.37. The number of H-pyrrole nitrogens is 1. The van der Waals surface area contributed by atoms with Gasteiger partial charge in [-0.1, -0.05) is 12.1 Å². The Labute approximate surface area is 131 Å². The van der Waals surface area contributed by atoms with Crippen molar-refractivity contribution < 1.29 is 9.18 Å². The number of aromatic amines is 1. The number of nitrogens with zero attached hydrogens (tertiary/aromatic N) is 3. The zero-order valence-electron chi connectivity index (χ0n) is 12.2. The molecule has 0 saturated heterocycles. The summed E-state index contributed by atoms with van der Waals surface area (Å²) in [7, 11) is 0. The van der Waals surface area contributed by atoms with Crippen LogP contribution < -0.4 is 5.32 Å². The number of benzene rings is 2. The Morgan fingerprint density at radius 1 is 1.17 bits per heavy atom. The first kappa shape index (κ1) is 14.8. The number of carbonyl (C=O) groups excluding carboxylic acids is 1. The maximum Gasteiger partial charge on any atom is 0.224 e. The standard InChI is InChI=1S/C16H14FN5O/c17-13-3-1-2-11(10-13)4-9-15(23)18-14-7-5-12(6-8-14)16-19-21-22-20-16/h1-3,5-8,10H,4,9H2,(H,18,23)(H,19,20,21,22). The summed E-state index contributed by atoms with van der Waals surface area (Å²) in [6, 6.07) is 13.4. The van der Waals surface area contributed by atoms with Crippen LogP contribution >= 0.6 is 0 Å². The Bertz CT molecular complexity index is 786. The molecule has 0 unspecified atom stereocenters. The molecule has 3 rings (SSSR count). The fourth-order valence-electron chi connectivity index (χ4n) is 2.16. The van der Waals surface area contributed by atoms with Gasteiger partial charge in [-0.15, -0.1) is 10.2 Å². The number of nitrogens with one attached hydrogen (secondary N) is 2. The summed E-state index contributed by atoms with van der Waals surface area (Å²) in [5.41, 5.74) is 2.28. The molecule has 0 spiro atoms. The Balaban J connectivity index is 1.55. The molecule has 116 valence electrons. The molecule has 7 heteroatoms. The van der Waals surface area contributed by atoms with Crippen LogP contribution in [0.15, 0.2) is 48.5 Å². The molecule has 0 aliphatic carbocycles. The van der Waals surface area contributed by atoms with E-state index >= 15 is 0 Å². The van der Waals surface area contributed by atoms with Gasteiger partial charge in [0, 0.05) is 17.7 Å². The maximum absolute atomic E-state index is 13.1. The van der Waals surface area contributed by atoms with E-state index in [-0.39, 0.29) is 18.1 Å². The molecule has 23 heavy (non-hydrogen) atoms. The fourth-order valence-corrected chi connectivity index (χ4v) is 2.16. The van der Waals surface area contributed by atoms with E-state index in [4.69, 9.17) is 0 Å². The van der Waals surface area contributed by atoms with Crippen LogP contribution in [0.5, 0.6) is 0 Å². The normalized spacial score (nSPS) is 10.5. The summed E-state index contributed by atoms with van der Waals surface area (Å²) >= 11 is 0. The number of amides is 1. The predicted molar refractivity (Wildman–Crippen MR) is 83.0 cm³/mol. The minimum absolute atomic E-state index is 0.124. The van der Waals surface area contributed by atoms with Crippen LogP contribution in [-0.2, 0) is 11.2 Å². The van der Waals surface area contributed by atoms with Crippen molar-refractivity contribution in [3.63, 3.8) is 0 Å². The van der Waals surface area contributed by atoms with Gasteiger partial charge in [-0.25, -0.2) is 4.39 Å². The van der Waals surface area contributed by atoms with Crippen molar-refractivity contribution in [2.75, 3.05) is 5.32 Å². The summed E-state index contributed by atoms with van der Waals surface area (Å²) in [4.78, 5) is 11.9. The number of hydrogen-bond donors (Lipinski definition) is 2. The van der Waals surface area contributed by atoms with Crippen LogP contribution in [0.3, 0.4) is 0 Å². The third-order valence-electron chi connectivity index (χ3n) is 3.30. The first-order valence-electron chi connectivity index (χ1n) is 7.09. The molecule has 0 radical (unpaired) electrons. The largest absolute Gasteiger partial charge is 0.326 e. The van der Waals surface area contributed by atoms with Crippen LogP contribution in [0.4, 0.5) is 10.1 Å². The molecular weight excluding hydrogens is 297 g/mol. The Morgan fingerprint density at radius 2 is 2.00 bits per heavy atom. The van der Waals surface area contributed by atoms with Crippen LogP contribution in [0.25, 0.3) is 11.4 Å². The van der Waals surface area contributed by atoms with Crippen molar-refractivity contribution in [3.8, 4) is 11.4 Å². The number of rotatable bonds is 5. The van der Waals surface area contributed by atoms with E-state index in [1.807, 2.05) is 0 Å². The highest BCUT2D eigenvalue weighted by atomic mass is 19.1. The minimum atomic E-state index is -0.292. The highest BCUT2D eigenvalue weighted by Gasteiger charge is 2.06. The number of hydrogen-bond acceptors (Lipinski definition) is 4. The van der Waals surface area contributed by atoms with Gasteiger partial charge < -0.3 is 5.32 Å². The van der Waals surface area contributed by atoms with Crippen LogP contribution in [0.2, 0.25) is 0 Å². The van der Waals surface area contributed by atoms with Gasteiger partial charge in [0.2, 0.25) is 11.7 Å². The second-order valence-electron chi connectivity index (χ2n) is 4.99. The van der Waals surface area contributed by atoms with Gasteiger partial charge in [-0.3, -0.25) is 4.79 Å². The molecule has 0 atom stereocenters. The smallest absolute Gasteiger partial charge is 0.224 e. The molecule has 0 aliphatic heterocycles. The number of aromatic nitrogens is 4. The zero-order chi connectivity index (χ0) is 16.1. The SMILES string of the molecule is O=C(CCc1cccc(F)c1)Nc1ccc(-c2nn[nH]n2)cc1. The van der Waals surface area contributed by atoms with E-state index in [2.05, 4.69) is 25.9 Å². The third kappa shape index (κ3) is 3.97. The van der Waals surface area contributed by atoms with Gasteiger partial charge in [0.25, 0.3) is 0 Å². The molecule has 1 amide bonds. The molecule has 6 nitrogen and oxygen atoms in total. The average molecular weight is 311 g/mol. The maximum atomic E-state index is 13.1. The van der Waals surface area contributed by atoms with Gasteiger partial charge >= 0.3 is 0 Å². The highest BCUT2D eigenvalue weighted by Crippen LogP contribution is 2.17. The summed E-state index contributed by atoms with van der Waals surface area (Å²) in [6.07, 6.45) is 0.778. The van der Waals surface area contributed by atoms with Gasteiger partial charge in [-0.05, 0) is 53.6 Å². The zero-order valence-corrected chi connectivity index (χ0v) is 12.2. The fraction of sp³-hybridized carbons (Fsp3) is 0.125. The van der Waals surface area contributed by atoms with Crippen molar-refractivity contribution in [2.45, 2.75) is 12.8 Å².